The van der Waals surface area contributed by atoms with Gasteiger partial charge in [-0.25, -0.2) is 0 Å². The Bertz CT molecular complexity index is 890. The van der Waals surface area contributed by atoms with E-state index in [0.29, 0.717) is 16.1 Å². The van der Waals surface area contributed by atoms with Crippen molar-refractivity contribution in [2.45, 2.75) is 11.8 Å². The van der Waals surface area contributed by atoms with Crippen LogP contribution in [0.2, 0.25) is 5.02 Å². The van der Waals surface area contributed by atoms with E-state index < -0.39 is 40.6 Å². The molecule has 8 nitrogen and oxygen atoms in total. The lowest BCUT2D eigenvalue weighted by Gasteiger charge is -2.35. The number of aromatic nitrogens is 1. The molecule has 1 aliphatic rings. The minimum atomic E-state index is -1.81. The van der Waals surface area contributed by atoms with Crippen molar-refractivity contribution < 1.29 is 19.2 Å². The van der Waals surface area contributed by atoms with Crippen LogP contribution in [0.1, 0.15) is 23.0 Å². The molecule has 3 rings (SSSR count). The third-order valence-electron chi connectivity index (χ3n) is 5.16. The fraction of sp³-hybridized carbons (Fsp3) is 0.316. The first-order chi connectivity index (χ1) is 13.4. The van der Waals surface area contributed by atoms with Gasteiger partial charge in [0.25, 0.3) is 0 Å². The average molecular weight is 404 g/mol. The van der Waals surface area contributed by atoms with Crippen LogP contribution in [0.15, 0.2) is 48.8 Å². The number of nitrogens with one attached hydrogen (secondary N) is 1. The number of nitrogens with zero attached hydrogens (tertiary/aromatic N) is 2. The van der Waals surface area contributed by atoms with Crippen molar-refractivity contribution in [2.24, 2.45) is 5.41 Å². The van der Waals surface area contributed by atoms with Crippen molar-refractivity contribution >= 4 is 23.5 Å². The van der Waals surface area contributed by atoms with E-state index in [1.807, 2.05) is 0 Å². The summed E-state index contributed by atoms with van der Waals surface area (Å²) in [5.41, 5.74) is -0.732. The molecule has 28 heavy (non-hydrogen) atoms. The van der Waals surface area contributed by atoms with E-state index in [0.717, 1.165) is 0 Å². The van der Waals surface area contributed by atoms with Crippen LogP contribution in [-0.4, -0.2) is 42.0 Å². The maximum atomic E-state index is 13.1. The highest BCUT2D eigenvalue weighted by Crippen LogP contribution is 2.51. The number of hydrogen-bond acceptors (Lipinski definition) is 6. The molecule has 0 spiro atoms. The van der Waals surface area contributed by atoms with Gasteiger partial charge in [0.15, 0.2) is 5.41 Å². The highest BCUT2D eigenvalue weighted by atomic mass is 35.5. The van der Waals surface area contributed by atoms with Gasteiger partial charge in [0, 0.05) is 34.8 Å². The summed E-state index contributed by atoms with van der Waals surface area (Å²) in [6.07, 6.45) is 3.12. The molecule has 146 valence electrons. The number of rotatable bonds is 6. The molecule has 9 heteroatoms. The van der Waals surface area contributed by atoms with Crippen molar-refractivity contribution in [3.63, 3.8) is 0 Å². The summed E-state index contributed by atoms with van der Waals surface area (Å²) < 4.78 is 5.00. The Labute approximate surface area is 166 Å². The molecule has 1 saturated heterocycles. The van der Waals surface area contributed by atoms with Crippen LogP contribution in [0.5, 0.6) is 0 Å². The van der Waals surface area contributed by atoms with Crippen LogP contribution >= 0.6 is 11.6 Å². The number of amides is 1. The molecule has 1 aromatic carbocycles. The second-order valence-electron chi connectivity index (χ2n) is 6.53. The smallest absolute Gasteiger partial charge is 0.322 e. The third-order valence-corrected chi connectivity index (χ3v) is 5.41. The van der Waals surface area contributed by atoms with Gasteiger partial charge in [-0.3, -0.25) is 24.7 Å². The predicted octanol–water partition coefficient (Wildman–Crippen LogP) is 2.17. The number of ether oxygens (including phenoxy) is 1. The SMILES string of the molecule is COC(=O)C1(C(C[N+](=O)[O-])c2ccc(Cl)cc2)C(=O)NCC1c1cccnc1. The highest BCUT2D eigenvalue weighted by Gasteiger charge is 2.64. The lowest BCUT2D eigenvalue weighted by Crippen LogP contribution is -2.49. The number of pyridine rings is 1. The van der Waals surface area contributed by atoms with Crippen LogP contribution in [-0.2, 0) is 14.3 Å². The maximum Gasteiger partial charge on any atom is 0.322 e. The van der Waals surface area contributed by atoms with E-state index in [9.17, 15) is 19.7 Å². The van der Waals surface area contributed by atoms with Crippen LogP contribution in [0, 0.1) is 15.5 Å². The molecule has 1 fully saturated rings. The Balaban J connectivity index is 2.24. The minimum absolute atomic E-state index is 0.140. The molecule has 0 aliphatic carbocycles. The summed E-state index contributed by atoms with van der Waals surface area (Å²) in [7, 11) is 1.17. The molecule has 2 aromatic rings. The standard InChI is InChI=1S/C19H18ClN3O5/c1-28-18(25)19(15(10-22-17(19)24)13-3-2-8-21-9-13)16(11-23(26)27)12-4-6-14(20)7-5-12/h2-9,15-16H,10-11H2,1H3,(H,22,24). The largest absolute Gasteiger partial charge is 0.468 e. The zero-order valence-electron chi connectivity index (χ0n) is 15.0. The van der Waals surface area contributed by atoms with Crippen molar-refractivity contribution in [1.82, 2.24) is 10.3 Å². The molecule has 3 atom stereocenters. The van der Waals surface area contributed by atoms with E-state index in [1.54, 1.807) is 48.8 Å². The van der Waals surface area contributed by atoms with Crippen LogP contribution in [0.3, 0.4) is 0 Å². The van der Waals surface area contributed by atoms with Gasteiger partial charge < -0.3 is 10.1 Å². The quantitative estimate of drug-likeness (QED) is 0.342. The summed E-state index contributed by atoms with van der Waals surface area (Å²) in [5.74, 6) is -3.16. The Hall–Kier alpha value is -3.00. The zero-order valence-corrected chi connectivity index (χ0v) is 15.8. The lowest BCUT2D eigenvalue weighted by molar-refractivity contribution is -0.485. The highest BCUT2D eigenvalue weighted by molar-refractivity contribution is 6.30. The molecule has 1 amide bonds. The Morgan fingerprint density at radius 2 is 2.14 bits per heavy atom. The molecule has 3 unspecified atom stereocenters. The number of benzene rings is 1. The Kier molecular flexibility index (Phi) is 5.60. The van der Waals surface area contributed by atoms with Crippen molar-refractivity contribution in [1.29, 1.82) is 0 Å². The molecule has 1 aliphatic heterocycles. The molecule has 0 radical (unpaired) electrons. The topological polar surface area (TPSA) is 111 Å². The molecule has 2 heterocycles. The van der Waals surface area contributed by atoms with E-state index in [4.69, 9.17) is 16.3 Å². The zero-order chi connectivity index (χ0) is 20.3. The van der Waals surface area contributed by atoms with Crippen molar-refractivity contribution in [3.8, 4) is 0 Å². The van der Waals surface area contributed by atoms with Crippen LogP contribution < -0.4 is 5.32 Å². The summed E-state index contributed by atoms with van der Waals surface area (Å²) in [6, 6.07) is 9.74. The van der Waals surface area contributed by atoms with E-state index >= 15 is 0 Å². The molecule has 0 saturated carbocycles. The van der Waals surface area contributed by atoms with E-state index in [-0.39, 0.29) is 6.54 Å². The second-order valence-corrected chi connectivity index (χ2v) is 6.97. The van der Waals surface area contributed by atoms with Gasteiger partial charge in [-0.1, -0.05) is 29.8 Å². The second kappa shape index (κ2) is 7.93. The predicted molar refractivity (Wildman–Crippen MR) is 100 cm³/mol. The number of methoxy groups -OCH3 is 1. The number of esters is 1. The van der Waals surface area contributed by atoms with Crippen LogP contribution in [0.25, 0.3) is 0 Å². The average Bonchev–Trinajstić information content (AvgIpc) is 3.04. The van der Waals surface area contributed by atoms with Gasteiger partial charge in [0.05, 0.1) is 13.0 Å². The third kappa shape index (κ3) is 3.31. The fourth-order valence-corrected chi connectivity index (χ4v) is 4.05. The summed E-state index contributed by atoms with van der Waals surface area (Å²) in [4.78, 5) is 41.1. The molecule has 0 bridgehead atoms. The summed E-state index contributed by atoms with van der Waals surface area (Å²) >= 11 is 5.95. The van der Waals surface area contributed by atoms with Gasteiger partial charge in [0.2, 0.25) is 12.5 Å². The first-order valence-corrected chi connectivity index (χ1v) is 8.93. The van der Waals surface area contributed by atoms with Gasteiger partial charge in [-0.15, -0.1) is 0 Å². The van der Waals surface area contributed by atoms with E-state index in [2.05, 4.69) is 10.3 Å². The monoisotopic (exact) mass is 403 g/mol. The number of carbonyl (C=O) groups is 2. The van der Waals surface area contributed by atoms with Gasteiger partial charge in [-0.05, 0) is 29.3 Å². The lowest BCUT2D eigenvalue weighted by atomic mass is 9.63. The Morgan fingerprint density at radius 1 is 1.43 bits per heavy atom. The first kappa shape index (κ1) is 19.8. The summed E-state index contributed by atoms with van der Waals surface area (Å²) in [6.45, 7) is -0.484. The van der Waals surface area contributed by atoms with Gasteiger partial charge in [0.1, 0.15) is 0 Å². The maximum absolute atomic E-state index is 13.1. The summed E-state index contributed by atoms with van der Waals surface area (Å²) in [5, 5.41) is 14.6. The number of nitro groups is 1. The Morgan fingerprint density at radius 3 is 2.71 bits per heavy atom. The van der Waals surface area contributed by atoms with Crippen molar-refractivity contribution in [2.75, 3.05) is 20.2 Å². The fourth-order valence-electron chi connectivity index (χ4n) is 3.93. The molecule has 1 aromatic heterocycles. The number of halogens is 1. The van der Waals surface area contributed by atoms with Gasteiger partial charge >= 0.3 is 5.97 Å². The van der Waals surface area contributed by atoms with Crippen molar-refractivity contribution in [3.05, 3.63) is 75.1 Å². The molecular formula is C19H18ClN3O5. The molecule has 1 N–H and O–H groups in total. The molecular weight excluding hydrogens is 386 g/mol. The first-order valence-electron chi connectivity index (χ1n) is 8.55. The normalized spacial score (nSPS) is 22.4. The number of hydrogen-bond donors (Lipinski definition) is 1. The van der Waals surface area contributed by atoms with Gasteiger partial charge in [-0.2, -0.15) is 0 Å². The minimum Gasteiger partial charge on any atom is -0.468 e. The number of carbonyl (C=O) groups excluding carboxylic acids is 2. The van der Waals surface area contributed by atoms with E-state index in [1.165, 1.54) is 7.11 Å². The van der Waals surface area contributed by atoms with Crippen LogP contribution in [0.4, 0.5) is 0 Å².